The molecular weight excluding hydrogens is 202 g/mol. The molecule has 0 amide bonds. The van der Waals surface area contributed by atoms with Crippen LogP contribution in [0.1, 0.15) is 19.8 Å². The van der Waals surface area contributed by atoms with E-state index in [1.165, 1.54) is 18.9 Å². The standard InChI is InChI=1S/C12H21NOSi/c1-4-5-11-15(2,3)14-13-12-9-7-6-8-10-12/h6-10,13H,4-5,11H2,1-3H3. The maximum absolute atomic E-state index is 5.81. The first-order chi connectivity index (χ1) is 7.14. The molecule has 0 fully saturated rings. The summed E-state index contributed by atoms with van der Waals surface area (Å²) in [5.41, 5.74) is 4.09. The molecule has 0 unspecified atom stereocenters. The molecule has 0 atom stereocenters. The van der Waals surface area contributed by atoms with Crippen molar-refractivity contribution in [1.82, 2.24) is 0 Å². The molecule has 0 bridgehead atoms. The highest BCUT2D eigenvalue weighted by molar-refractivity contribution is 6.71. The lowest BCUT2D eigenvalue weighted by molar-refractivity contribution is 0.392. The van der Waals surface area contributed by atoms with E-state index in [2.05, 4.69) is 25.5 Å². The summed E-state index contributed by atoms with van der Waals surface area (Å²) < 4.78 is 5.81. The van der Waals surface area contributed by atoms with E-state index >= 15 is 0 Å². The van der Waals surface area contributed by atoms with Gasteiger partial charge in [-0.05, 0) is 31.3 Å². The summed E-state index contributed by atoms with van der Waals surface area (Å²) in [6, 6.07) is 11.3. The van der Waals surface area contributed by atoms with Crippen LogP contribution < -0.4 is 5.48 Å². The van der Waals surface area contributed by atoms with Gasteiger partial charge >= 0.3 is 0 Å². The van der Waals surface area contributed by atoms with E-state index in [-0.39, 0.29) is 0 Å². The number of hydrogen-bond acceptors (Lipinski definition) is 2. The monoisotopic (exact) mass is 223 g/mol. The highest BCUT2D eigenvalue weighted by Crippen LogP contribution is 2.16. The summed E-state index contributed by atoms with van der Waals surface area (Å²) in [6.45, 7) is 6.71. The minimum Gasteiger partial charge on any atom is -0.322 e. The number of para-hydroxylation sites is 1. The maximum atomic E-state index is 5.81. The first-order valence-corrected chi connectivity index (χ1v) is 8.74. The topological polar surface area (TPSA) is 21.3 Å². The molecule has 0 aromatic heterocycles. The van der Waals surface area contributed by atoms with Gasteiger partial charge < -0.3 is 4.53 Å². The summed E-state index contributed by atoms with van der Waals surface area (Å²) in [5.74, 6) is 0. The molecule has 0 aliphatic heterocycles. The van der Waals surface area contributed by atoms with Crippen molar-refractivity contribution in [2.24, 2.45) is 0 Å². The van der Waals surface area contributed by atoms with Crippen molar-refractivity contribution < 1.29 is 4.53 Å². The largest absolute Gasteiger partial charge is 0.322 e. The van der Waals surface area contributed by atoms with Gasteiger partial charge in [0.05, 0.1) is 5.69 Å². The molecule has 2 nitrogen and oxygen atoms in total. The van der Waals surface area contributed by atoms with Crippen LogP contribution in [0.2, 0.25) is 19.1 Å². The second-order valence-corrected chi connectivity index (χ2v) is 8.66. The predicted molar refractivity (Wildman–Crippen MR) is 68.3 cm³/mol. The zero-order chi connectivity index (χ0) is 11.1. The van der Waals surface area contributed by atoms with Gasteiger partial charge in [-0.2, -0.15) is 0 Å². The molecule has 1 rings (SSSR count). The smallest absolute Gasteiger partial charge is 0.223 e. The van der Waals surface area contributed by atoms with Gasteiger partial charge in [0.15, 0.2) is 0 Å². The zero-order valence-corrected chi connectivity index (χ0v) is 10.9. The van der Waals surface area contributed by atoms with Gasteiger partial charge in [0.2, 0.25) is 8.32 Å². The quantitative estimate of drug-likeness (QED) is 0.580. The molecule has 1 aromatic rings. The van der Waals surface area contributed by atoms with Crippen LogP contribution in [-0.2, 0) is 4.53 Å². The van der Waals surface area contributed by atoms with Crippen molar-refractivity contribution in [1.29, 1.82) is 0 Å². The fourth-order valence-corrected chi connectivity index (χ4v) is 3.06. The fourth-order valence-electron chi connectivity index (χ4n) is 1.36. The first-order valence-electron chi connectivity index (χ1n) is 5.63. The van der Waals surface area contributed by atoms with Crippen LogP contribution in [0.15, 0.2) is 30.3 Å². The molecule has 1 aromatic carbocycles. The zero-order valence-electron chi connectivity index (χ0n) is 9.92. The third kappa shape index (κ3) is 5.00. The number of unbranched alkanes of at least 4 members (excludes halogenated alkanes) is 1. The third-order valence-corrected chi connectivity index (χ3v) is 4.56. The SMILES string of the molecule is CCCC[Si](C)(C)ONc1ccccc1. The highest BCUT2D eigenvalue weighted by atomic mass is 28.4. The molecule has 15 heavy (non-hydrogen) atoms. The van der Waals surface area contributed by atoms with Crippen LogP contribution in [0.25, 0.3) is 0 Å². The molecule has 0 aliphatic carbocycles. The van der Waals surface area contributed by atoms with Crippen LogP contribution >= 0.6 is 0 Å². The van der Waals surface area contributed by atoms with Gasteiger partial charge in [-0.15, -0.1) is 0 Å². The van der Waals surface area contributed by atoms with Gasteiger partial charge in [-0.25, -0.2) is 0 Å². The average molecular weight is 223 g/mol. The summed E-state index contributed by atoms with van der Waals surface area (Å²) in [6.07, 6.45) is 2.50. The molecule has 0 saturated carbocycles. The Bertz CT molecular complexity index is 274. The Kier molecular flexibility index (Phi) is 4.85. The lowest BCUT2D eigenvalue weighted by Gasteiger charge is -2.22. The van der Waals surface area contributed by atoms with Crippen molar-refractivity contribution in [2.75, 3.05) is 5.48 Å². The van der Waals surface area contributed by atoms with Gasteiger partial charge in [0, 0.05) is 0 Å². The number of nitrogens with one attached hydrogen (secondary N) is 1. The van der Waals surface area contributed by atoms with Crippen molar-refractivity contribution in [3.05, 3.63) is 30.3 Å². The minimum absolute atomic E-state index is 1.04. The number of benzene rings is 1. The van der Waals surface area contributed by atoms with Crippen LogP contribution in [0.3, 0.4) is 0 Å². The average Bonchev–Trinajstić information content (AvgIpc) is 2.25. The summed E-state index contributed by atoms with van der Waals surface area (Å²) in [4.78, 5) is 0. The Morgan fingerprint density at radius 1 is 1.20 bits per heavy atom. The molecule has 0 heterocycles. The number of hydrogen-bond donors (Lipinski definition) is 1. The Morgan fingerprint density at radius 3 is 2.47 bits per heavy atom. The van der Waals surface area contributed by atoms with Gasteiger partial charge in [0.1, 0.15) is 0 Å². The number of rotatable bonds is 6. The van der Waals surface area contributed by atoms with Crippen molar-refractivity contribution in [2.45, 2.75) is 38.9 Å². The molecule has 84 valence electrons. The summed E-state index contributed by atoms with van der Waals surface area (Å²) >= 11 is 0. The Labute approximate surface area is 93.7 Å². The van der Waals surface area contributed by atoms with E-state index in [0.29, 0.717) is 0 Å². The summed E-state index contributed by atoms with van der Waals surface area (Å²) in [7, 11) is -1.52. The van der Waals surface area contributed by atoms with Crippen LogP contribution in [0, 0.1) is 0 Å². The third-order valence-electron chi connectivity index (χ3n) is 2.35. The van der Waals surface area contributed by atoms with E-state index in [0.717, 1.165) is 5.69 Å². The van der Waals surface area contributed by atoms with Crippen molar-refractivity contribution in [3.63, 3.8) is 0 Å². The van der Waals surface area contributed by atoms with E-state index in [1.807, 2.05) is 30.3 Å². The van der Waals surface area contributed by atoms with Gasteiger partial charge in [-0.1, -0.05) is 38.0 Å². The minimum atomic E-state index is -1.52. The van der Waals surface area contributed by atoms with E-state index in [1.54, 1.807) is 0 Å². The van der Waals surface area contributed by atoms with E-state index in [4.69, 9.17) is 4.53 Å². The predicted octanol–water partition coefficient (Wildman–Crippen LogP) is 4.04. The van der Waals surface area contributed by atoms with Crippen LogP contribution in [-0.4, -0.2) is 8.32 Å². The van der Waals surface area contributed by atoms with Crippen molar-refractivity contribution in [3.8, 4) is 0 Å². The van der Waals surface area contributed by atoms with Crippen LogP contribution in [0.4, 0.5) is 5.69 Å². The molecule has 0 aliphatic rings. The summed E-state index contributed by atoms with van der Waals surface area (Å²) in [5, 5.41) is 0. The van der Waals surface area contributed by atoms with Gasteiger partial charge in [-0.3, -0.25) is 5.48 Å². The Morgan fingerprint density at radius 2 is 1.87 bits per heavy atom. The van der Waals surface area contributed by atoms with E-state index in [9.17, 15) is 0 Å². The fraction of sp³-hybridized carbons (Fsp3) is 0.500. The second-order valence-electron chi connectivity index (χ2n) is 4.43. The Hall–Kier alpha value is -0.803. The van der Waals surface area contributed by atoms with Crippen molar-refractivity contribution >= 4 is 14.0 Å². The normalized spacial score (nSPS) is 11.4. The molecule has 0 radical (unpaired) electrons. The lowest BCUT2D eigenvalue weighted by atomic mass is 10.3. The van der Waals surface area contributed by atoms with E-state index < -0.39 is 8.32 Å². The number of anilines is 1. The van der Waals surface area contributed by atoms with Gasteiger partial charge in [0.25, 0.3) is 0 Å². The molecule has 3 heteroatoms. The first kappa shape index (κ1) is 12.3. The lowest BCUT2D eigenvalue weighted by Crippen LogP contribution is -2.32. The Balaban J connectivity index is 2.35. The highest BCUT2D eigenvalue weighted by Gasteiger charge is 2.22. The molecular formula is C12H21NOSi. The van der Waals surface area contributed by atoms with Crippen LogP contribution in [0.5, 0.6) is 0 Å². The molecule has 0 saturated heterocycles. The maximum Gasteiger partial charge on any atom is 0.223 e. The molecule has 0 spiro atoms. The molecule has 1 N–H and O–H groups in total. The second kappa shape index (κ2) is 5.93.